The van der Waals surface area contributed by atoms with Crippen LogP contribution in [0.5, 0.6) is 23.0 Å². The molecule has 0 aliphatic heterocycles. The van der Waals surface area contributed by atoms with Crippen molar-refractivity contribution in [3.05, 3.63) is 80.8 Å². The van der Waals surface area contributed by atoms with Crippen LogP contribution in [-0.4, -0.2) is 27.9 Å². The summed E-state index contributed by atoms with van der Waals surface area (Å²) < 4.78 is 23.1. The molecule has 0 atom stereocenters. The van der Waals surface area contributed by atoms with E-state index in [0.717, 1.165) is 40.1 Å². The van der Waals surface area contributed by atoms with Crippen molar-refractivity contribution in [1.29, 1.82) is 0 Å². The molecule has 178 valence electrons. The van der Waals surface area contributed by atoms with Gasteiger partial charge in [-0.1, -0.05) is 29.8 Å². The molecule has 0 fully saturated rings. The van der Waals surface area contributed by atoms with Crippen molar-refractivity contribution in [2.45, 2.75) is 19.6 Å². The summed E-state index contributed by atoms with van der Waals surface area (Å²) in [6.45, 7) is 1.96. The third-order valence-electron chi connectivity index (χ3n) is 4.95. The average molecular weight is 557 g/mol. The van der Waals surface area contributed by atoms with Crippen molar-refractivity contribution in [2.75, 3.05) is 27.9 Å². The van der Waals surface area contributed by atoms with Gasteiger partial charge in [0.05, 0.1) is 25.8 Å². The fraction of sp³-hybridized carbons (Fsp3) is 0.280. The molecule has 0 heterocycles. The third-order valence-corrected chi connectivity index (χ3v) is 5.79. The van der Waals surface area contributed by atoms with E-state index in [2.05, 4.69) is 27.3 Å². The van der Waals surface area contributed by atoms with Gasteiger partial charge in [0.2, 0.25) is 0 Å². The summed E-state index contributed by atoms with van der Waals surface area (Å²) in [7, 11) is 4.93. The summed E-state index contributed by atoms with van der Waals surface area (Å²) in [5, 5.41) is 4.18. The Kier molecular flexibility index (Phi) is 11.1. The lowest BCUT2D eigenvalue weighted by Crippen LogP contribution is -2.17. The summed E-state index contributed by atoms with van der Waals surface area (Å²) in [6.07, 6.45) is 0.876. The molecule has 0 aromatic heterocycles. The molecule has 8 heteroatoms. The van der Waals surface area contributed by atoms with Crippen molar-refractivity contribution in [3.8, 4) is 23.0 Å². The molecule has 0 aliphatic carbocycles. The lowest BCUT2D eigenvalue weighted by molar-refractivity contribution is 0.282. The molecular formula is C25H28BrCl2NO4. The zero-order chi connectivity index (χ0) is 22.9. The number of hydrogen-bond acceptors (Lipinski definition) is 5. The van der Waals surface area contributed by atoms with Gasteiger partial charge in [-0.2, -0.15) is 0 Å². The van der Waals surface area contributed by atoms with Crippen LogP contribution in [0, 0.1) is 0 Å². The van der Waals surface area contributed by atoms with E-state index in [1.54, 1.807) is 21.3 Å². The predicted octanol–water partition coefficient (Wildman–Crippen LogP) is 6.46. The molecule has 5 nitrogen and oxygen atoms in total. The third kappa shape index (κ3) is 7.71. The SMILES string of the molecule is COc1ccc(CCNCc2cc(Br)c(OCc3ccc(Cl)cc3)c(OC)c2)cc1OC.Cl. The highest BCUT2D eigenvalue weighted by Gasteiger charge is 2.12. The van der Waals surface area contributed by atoms with Crippen LogP contribution in [-0.2, 0) is 19.6 Å². The number of halogens is 3. The van der Waals surface area contributed by atoms with Crippen LogP contribution in [0.2, 0.25) is 5.02 Å². The molecular weight excluding hydrogens is 529 g/mol. The number of benzene rings is 3. The summed E-state index contributed by atoms with van der Waals surface area (Å²) in [5.41, 5.74) is 3.31. The second-order valence-corrected chi connectivity index (χ2v) is 8.43. The fourth-order valence-corrected chi connectivity index (χ4v) is 3.98. The lowest BCUT2D eigenvalue weighted by atomic mass is 10.1. The van der Waals surface area contributed by atoms with Gasteiger partial charge in [-0.05, 0) is 82.0 Å². The first-order valence-electron chi connectivity index (χ1n) is 10.2. The molecule has 0 saturated heterocycles. The van der Waals surface area contributed by atoms with E-state index < -0.39 is 0 Å². The van der Waals surface area contributed by atoms with E-state index in [0.29, 0.717) is 29.7 Å². The van der Waals surface area contributed by atoms with Gasteiger partial charge < -0.3 is 24.3 Å². The maximum Gasteiger partial charge on any atom is 0.175 e. The van der Waals surface area contributed by atoms with E-state index in [1.807, 2.05) is 48.5 Å². The Hall–Kier alpha value is -2.12. The lowest BCUT2D eigenvalue weighted by Gasteiger charge is -2.15. The number of nitrogens with one attached hydrogen (secondary N) is 1. The Morgan fingerprint density at radius 1 is 0.788 bits per heavy atom. The van der Waals surface area contributed by atoms with Crippen molar-refractivity contribution < 1.29 is 18.9 Å². The van der Waals surface area contributed by atoms with Crippen LogP contribution in [0.25, 0.3) is 0 Å². The van der Waals surface area contributed by atoms with Gasteiger partial charge in [0.1, 0.15) is 6.61 Å². The minimum atomic E-state index is 0. The smallest absolute Gasteiger partial charge is 0.175 e. The minimum Gasteiger partial charge on any atom is -0.493 e. The average Bonchev–Trinajstić information content (AvgIpc) is 2.81. The highest BCUT2D eigenvalue weighted by atomic mass is 79.9. The first kappa shape index (κ1) is 27.1. The van der Waals surface area contributed by atoms with Crippen LogP contribution >= 0.6 is 39.9 Å². The summed E-state index contributed by atoms with van der Waals surface area (Å²) in [4.78, 5) is 0. The maximum atomic E-state index is 6.01. The number of hydrogen-bond donors (Lipinski definition) is 1. The van der Waals surface area contributed by atoms with Gasteiger partial charge in [0.25, 0.3) is 0 Å². The van der Waals surface area contributed by atoms with Crippen molar-refractivity contribution in [1.82, 2.24) is 5.32 Å². The maximum absolute atomic E-state index is 6.01. The van der Waals surface area contributed by atoms with Crippen molar-refractivity contribution in [3.63, 3.8) is 0 Å². The van der Waals surface area contributed by atoms with Crippen molar-refractivity contribution in [2.24, 2.45) is 0 Å². The molecule has 3 rings (SSSR count). The van der Waals surface area contributed by atoms with E-state index in [-0.39, 0.29) is 12.4 Å². The monoisotopic (exact) mass is 555 g/mol. The van der Waals surface area contributed by atoms with Gasteiger partial charge in [-0.15, -0.1) is 12.4 Å². The van der Waals surface area contributed by atoms with Crippen LogP contribution in [0.4, 0.5) is 0 Å². The highest BCUT2D eigenvalue weighted by molar-refractivity contribution is 9.10. The molecule has 0 amide bonds. The summed E-state index contributed by atoms with van der Waals surface area (Å²) in [5.74, 6) is 2.84. The molecule has 3 aromatic rings. The number of rotatable bonds is 11. The quantitative estimate of drug-likeness (QED) is 0.275. The Balaban J connectivity index is 0.00000385. The first-order chi connectivity index (χ1) is 15.5. The predicted molar refractivity (Wildman–Crippen MR) is 139 cm³/mol. The topological polar surface area (TPSA) is 49.0 Å². The summed E-state index contributed by atoms with van der Waals surface area (Å²) >= 11 is 9.57. The molecule has 3 aromatic carbocycles. The molecule has 0 aliphatic rings. The second kappa shape index (κ2) is 13.6. The second-order valence-electron chi connectivity index (χ2n) is 7.14. The van der Waals surface area contributed by atoms with E-state index in [9.17, 15) is 0 Å². The standard InChI is InChI=1S/C25H27BrClNO4.ClH/c1-29-22-9-6-17(13-23(22)30-2)10-11-28-15-19-12-21(26)25(24(14-19)31-3)32-16-18-4-7-20(27)8-5-18;/h4-9,12-14,28H,10-11,15-16H2,1-3H3;1H. The Morgan fingerprint density at radius 3 is 2.09 bits per heavy atom. The van der Waals surface area contributed by atoms with Crippen LogP contribution in [0.15, 0.2) is 59.1 Å². The molecule has 33 heavy (non-hydrogen) atoms. The van der Waals surface area contributed by atoms with Crippen LogP contribution in [0.1, 0.15) is 16.7 Å². The van der Waals surface area contributed by atoms with Gasteiger partial charge >= 0.3 is 0 Å². The van der Waals surface area contributed by atoms with Gasteiger partial charge in [0.15, 0.2) is 23.0 Å². The zero-order valence-corrected chi connectivity index (χ0v) is 22.0. The Morgan fingerprint density at radius 2 is 1.42 bits per heavy atom. The van der Waals surface area contributed by atoms with E-state index in [4.69, 9.17) is 30.5 Å². The molecule has 0 bridgehead atoms. The Bertz CT molecular complexity index is 1030. The normalized spacial score (nSPS) is 10.3. The van der Waals surface area contributed by atoms with Gasteiger partial charge in [-0.25, -0.2) is 0 Å². The highest BCUT2D eigenvalue weighted by Crippen LogP contribution is 2.37. The fourth-order valence-electron chi connectivity index (χ4n) is 3.25. The van der Waals surface area contributed by atoms with Crippen LogP contribution in [0.3, 0.4) is 0 Å². The minimum absolute atomic E-state index is 0. The molecule has 1 N–H and O–H groups in total. The van der Waals surface area contributed by atoms with E-state index in [1.165, 1.54) is 5.56 Å². The molecule has 0 radical (unpaired) electrons. The van der Waals surface area contributed by atoms with Gasteiger partial charge in [-0.3, -0.25) is 0 Å². The first-order valence-corrected chi connectivity index (χ1v) is 11.4. The molecule has 0 spiro atoms. The zero-order valence-electron chi connectivity index (χ0n) is 18.8. The van der Waals surface area contributed by atoms with E-state index >= 15 is 0 Å². The summed E-state index contributed by atoms with van der Waals surface area (Å²) in [6, 6.07) is 17.6. The molecule has 0 saturated carbocycles. The van der Waals surface area contributed by atoms with Crippen LogP contribution < -0.4 is 24.3 Å². The number of methoxy groups -OCH3 is 3. The van der Waals surface area contributed by atoms with Gasteiger partial charge in [0, 0.05) is 11.6 Å². The number of ether oxygens (including phenoxy) is 4. The Labute approximate surface area is 214 Å². The molecule has 0 unspecified atom stereocenters. The largest absolute Gasteiger partial charge is 0.493 e. The van der Waals surface area contributed by atoms with Crippen molar-refractivity contribution >= 4 is 39.9 Å².